The number of carbonyl (C=O) groups excluding carboxylic acids is 3. The number of nitro benzene ring substituents is 1. The van der Waals surface area contributed by atoms with Crippen LogP contribution in [0.15, 0.2) is 36.4 Å². The molecule has 1 N–H and O–H groups in total. The van der Waals surface area contributed by atoms with Crippen LogP contribution in [0.5, 0.6) is 0 Å². The number of fused-ring (bicyclic) bond motifs is 7. The van der Waals surface area contributed by atoms with Gasteiger partial charge in [-0.1, -0.05) is 29.8 Å². The maximum atomic E-state index is 14.0. The molecule has 4 aliphatic heterocycles. The zero-order chi connectivity index (χ0) is 23.2. The Morgan fingerprint density at radius 2 is 1.91 bits per heavy atom. The van der Waals surface area contributed by atoms with Crippen molar-refractivity contribution in [3.8, 4) is 0 Å². The SMILES string of the molecule is Cc1c(N2C(=O)[C@@H]3[C@@H](C2=O)[C@]2(C(=O)Nc4c(Cl)cccc42)N2CCC[C@@H]32)cccc1[N+](=O)[O-]. The lowest BCUT2D eigenvalue weighted by atomic mass is 9.75. The molecule has 10 heteroatoms. The summed E-state index contributed by atoms with van der Waals surface area (Å²) in [5.74, 6) is -2.93. The minimum atomic E-state index is -1.33. The van der Waals surface area contributed by atoms with Crippen LogP contribution in [0.2, 0.25) is 5.02 Å². The van der Waals surface area contributed by atoms with Gasteiger partial charge in [0.2, 0.25) is 11.8 Å². The number of hydrogen-bond donors (Lipinski definition) is 1. The number of nitrogens with zero attached hydrogens (tertiary/aromatic N) is 3. The van der Waals surface area contributed by atoms with Crippen LogP contribution in [0.1, 0.15) is 24.0 Å². The van der Waals surface area contributed by atoms with Gasteiger partial charge in [-0.2, -0.15) is 0 Å². The van der Waals surface area contributed by atoms with Crippen LogP contribution in [0, 0.1) is 28.9 Å². The van der Waals surface area contributed by atoms with E-state index < -0.39 is 34.1 Å². The molecule has 0 aliphatic carbocycles. The second kappa shape index (κ2) is 6.61. The van der Waals surface area contributed by atoms with Gasteiger partial charge >= 0.3 is 0 Å². The number of anilines is 2. The largest absolute Gasteiger partial charge is 0.323 e. The summed E-state index contributed by atoms with van der Waals surface area (Å²) in [4.78, 5) is 55.3. The third-order valence-corrected chi connectivity index (χ3v) is 8.01. The fraction of sp³-hybridized carbons (Fsp3) is 0.348. The Balaban J connectivity index is 1.56. The van der Waals surface area contributed by atoms with Crippen molar-refractivity contribution in [2.45, 2.75) is 31.3 Å². The van der Waals surface area contributed by atoms with Crippen LogP contribution < -0.4 is 10.2 Å². The van der Waals surface area contributed by atoms with Crippen molar-refractivity contribution in [3.05, 3.63) is 62.7 Å². The van der Waals surface area contributed by atoms with E-state index >= 15 is 0 Å². The van der Waals surface area contributed by atoms with Crippen molar-refractivity contribution < 1.29 is 19.3 Å². The Bertz CT molecular complexity index is 1300. The molecule has 9 nitrogen and oxygen atoms in total. The fourth-order valence-electron chi connectivity index (χ4n) is 6.48. The number of rotatable bonds is 2. The molecule has 4 aliphatic rings. The van der Waals surface area contributed by atoms with Gasteiger partial charge in [0.1, 0.15) is 5.54 Å². The zero-order valence-electron chi connectivity index (χ0n) is 17.6. The number of para-hydroxylation sites is 1. The summed E-state index contributed by atoms with van der Waals surface area (Å²) >= 11 is 6.38. The van der Waals surface area contributed by atoms with Crippen LogP contribution in [-0.4, -0.2) is 40.1 Å². The minimum absolute atomic E-state index is 0.168. The van der Waals surface area contributed by atoms with Gasteiger partial charge in [-0.25, -0.2) is 4.90 Å². The van der Waals surface area contributed by atoms with E-state index in [0.29, 0.717) is 29.2 Å². The summed E-state index contributed by atoms with van der Waals surface area (Å²) in [5, 5.41) is 14.7. The maximum absolute atomic E-state index is 14.0. The first-order valence-electron chi connectivity index (χ1n) is 10.8. The molecule has 4 atom stereocenters. The fourth-order valence-corrected chi connectivity index (χ4v) is 6.71. The predicted molar refractivity (Wildman–Crippen MR) is 119 cm³/mol. The molecule has 3 fully saturated rings. The Hall–Kier alpha value is -3.30. The van der Waals surface area contributed by atoms with Crippen molar-refractivity contribution in [1.29, 1.82) is 0 Å². The summed E-state index contributed by atoms with van der Waals surface area (Å²) < 4.78 is 0. The topological polar surface area (TPSA) is 113 Å². The molecule has 0 bridgehead atoms. The summed E-state index contributed by atoms with van der Waals surface area (Å²) in [6.45, 7) is 2.12. The van der Waals surface area contributed by atoms with Crippen molar-refractivity contribution in [2.75, 3.05) is 16.8 Å². The van der Waals surface area contributed by atoms with E-state index in [4.69, 9.17) is 11.6 Å². The number of halogens is 1. The molecule has 0 aromatic heterocycles. The number of hydrogen-bond acceptors (Lipinski definition) is 6. The van der Waals surface area contributed by atoms with Crippen LogP contribution in [0.25, 0.3) is 0 Å². The summed E-state index contributed by atoms with van der Waals surface area (Å²) in [6.07, 6.45) is 1.49. The van der Waals surface area contributed by atoms with Gasteiger partial charge in [0.05, 0.1) is 38.7 Å². The second-order valence-corrected chi connectivity index (χ2v) is 9.39. The van der Waals surface area contributed by atoms with Gasteiger partial charge in [-0.3, -0.25) is 29.4 Å². The number of benzene rings is 2. The van der Waals surface area contributed by atoms with E-state index in [2.05, 4.69) is 5.32 Å². The normalized spacial score (nSPS) is 30.1. The van der Waals surface area contributed by atoms with E-state index in [1.165, 1.54) is 25.1 Å². The second-order valence-electron chi connectivity index (χ2n) is 8.98. The highest BCUT2D eigenvalue weighted by atomic mass is 35.5. The van der Waals surface area contributed by atoms with Gasteiger partial charge in [-0.15, -0.1) is 0 Å². The van der Waals surface area contributed by atoms with Crippen molar-refractivity contribution in [3.63, 3.8) is 0 Å². The molecule has 0 radical (unpaired) electrons. The molecule has 33 heavy (non-hydrogen) atoms. The predicted octanol–water partition coefficient (Wildman–Crippen LogP) is 2.99. The maximum Gasteiger partial charge on any atom is 0.274 e. The first kappa shape index (κ1) is 20.3. The molecule has 3 amide bonds. The summed E-state index contributed by atoms with van der Waals surface area (Å²) in [6, 6.07) is 9.27. The molecule has 0 saturated carbocycles. The highest BCUT2D eigenvalue weighted by molar-refractivity contribution is 6.35. The van der Waals surface area contributed by atoms with E-state index in [9.17, 15) is 24.5 Å². The van der Waals surface area contributed by atoms with Gasteiger partial charge in [0.25, 0.3) is 11.6 Å². The van der Waals surface area contributed by atoms with Crippen molar-refractivity contribution >= 4 is 46.4 Å². The Kier molecular flexibility index (Phi) is 4.07. The average molecular weight is 467 g/mol. The zero-order valence-corrected chi connectivity index (χ0v) is 18.3. The lowest BCUT2D eigenvalue weighted by Gasteiger charge is -2.36. The number of amides is 3. The van der Waals surface area contributed by atoms with Gasteiger partial charge in [0.15, 0.2) is 0 Å². The Morgan fingerprint density at radius 1 is 1.15 bits per heavy atom. The standard InChI is InChI=1S/C23H19ClN4O5/c1-11-14(7-3-8-15(11)28(32)33)27-20(29)17-16-9-4-10-26(16)23(18(17)21(27)30)12-5-2-6-13(24)19(12)25-22(23)31/h2-3,5-8,16-18H,4,9-10H2,1H3,(H,25,31)/t16-,17-,18-,23+/m0/s1. The van der Waals surface area contributed by atoms with E-state index in [1.54, 1.807) is 18.2 Å². The first-order chi connectivity index (χ1) is 15.8. The molecule has 2 aromatic rings. The average Bonchev–Trinajstić information content (AvgIpc) is 3.48. The highest BCUT2D eigenvalue weighted by Gasteiger charge is 2.74. The van der Waals surface area contributed by atoms with E-state index in [0.717, 1.165) is 11.3 Å². The Labute approximate surface area is 193 Å². The highest BCUT2D eigenvalue weighted by Crippen LogP contribution is 2.61. The molecule has 6 rings (SSSR count). The van der Waals surface area contributed by atoms with Crippen molar-refractivity contribution in [1.82, 2.24) is 4.90 Å². The summed E-state index contributed by atoms with van der Waals surface area (Å²) in [5.41, 5.74) is 0.0122. The van der Waals surface area contributed by atoms with Crippen LogP contribution in [-0.2, 0) is 19.9 Å². The van der Waals surface area contributed by atoms with Crippen LogP contribution >= 0.6 is 11.6 Å². The number of nitrogens with one attached hydrogen (secondary N) is 1. The van der Waals surface area contributed by atoms with Crippen LogP contribution in [0.4, 0.5) is 17.1 Å². The molecule has 0 unspecified atom stereocenters. The van der Waals surface area contributed by atoms with Gasteiger partial charge in [-0.05, 0) is 38.4 Å². The third kappa shape index (κ3) is 2.28. The molecular formula is C23H19ClN4O5. The monoisotopic (exact) mass is 466 g/mol. The quantitative estimate of drug-likeness (QED) is 0.413. The number of imide groups is 1. The Morgan fingerprint density at radius 3 is 2.67 bits per heavy atom. The van der Waals surface area contributed by atoms with Gasteiger partial charge < -0.3 is 5.32 Å². The lowest BCUT2D eigenvalue weighted by molar-refractivity contribution is -0.385. The van der Waals surface area contributed by atoms with E-state index in [1.807, 2.05) is 4.90 Å². The molecule has 2 aromatic carbocycles. The molecule has 4 heterocycles. The summed E-state index contributed by atoms with van der Waals surface area (Å²) in [7, 11) is 0. The lowest BCUT2D eigenvalue weighted by Crippen LogP contribution is -2.54. The smallest absolute Gasteiger partial charge is 0.274 e. The number of carbonyl (C=O) groups is 3. The third-order valence-electron chi connectivity index (χ3n) is 7.69. The molecular weight excluding hydrogens is 448 g/mol. The number of nitro groups is 1. The molecule has 1 spiro atoms. The molecule has 3 saturated heterocycles. The van der Waals surface area contributed by atoms with Crippen molar-refractivity contribution in [2.24, 2.45) is 11.8 Å². The van der Waals surface area contributed by atoms with Gasteiger partial charge in [0, 0.05) is 17.7 Å². The van der Waals surface area contributed by atoms with E-state index in [-0.39, 0.29) is 28.9 Å². The van der Waals surface area contributed by atoms with Crippen LogP contribution in [0.3, 0.4) is 0 Å². The minimum Gasteiger partial charge on any atom is -0.323 e. The first-order valence-corrected chi connectivity index (χ1v) is 11.2. The molecule has 168 valence electrons.